The van der Waals surface area contributed by atoms with Crippen LogP contribution in [-0.2, 0) is 9.59 Å². The number of aliphatic hydroxyl groups is 3. The Balaban J connectivity index is 1.78. The second-order valence-electron chi connectivity index (χ2n) is 12.1. The summed E-state index contributed by atoms with van der Waals surface area (Å²) >= 11 is 0. The van der Waals surface area contributed by atoms with E-state index in [0.717, 1.165) is 32.1 Å². The molecule has 0 aromatic rings. The van der Waals surface area contributed by atoms with Crippen LogP contribution in [0.5, 0.6) is 0 Å². The van der Waals surface area contributed by atoms with E-state index in [9.17, 15) is 30.0 Å². The van der Waals surface area contributed by atoms with Crippen LogP contribution < -0.4 is 0 Å². The number of hydrogen-bond acceptors (Lipinski definition) is 5. The van der Waals surface area contributed by atoms with Crippen molar-refractivity contribution >= 4 is 11.8 Å². The summed E-state index contributed by atoms with van der Waals surface area (Å²) in [4.78, 5) is 24.7. The van der Waals surface area contributed by atoms with Crippen LogP contribution in [0.1, 0.15) is 72.6 Å². The molecule has 0 spiro atoms. The molecule has 6 nitrogen and oxygen atoms in total. The monoisotopic (exact) mass is 436 g/mol. The van der Waals surface area contributed by atoms with Crippen molar-refractivity contribution in [2.24, 2.45) is 51.8 Å². The Kier molecular flexibility index (Phi) is 5.63. The van der Waals surface area contributed by atoms with Crippen LogP contribution in [0, 0.1) is 51.8 Å². The third kappa shape index (κ3) is 3.07. The zero-order valence-electron chi connectivity index (χ0n) is 19.4. The highest BCUT2D eigenvalue weighted by atomic mass is 16.4. The normalized spacial score (nSPS) is 51.2. The molecule has 4 N–H and O–H groups in total. The summed E-state index contributed by atoms with van der Waals surface area (Å²) in [5.41, 5.74) is -1.09. The Morgan fingerprint density at radius 1 is 1.00 bits per heavy atom. The van der Waals surface area contributed by atoms with Crippen LogP contribution in [0.4, 0.5) is 0 Å². The first-order valence-electron chi connectivity index (χ1n) is 12.1. The summed E-state index contributed by atoms with van der Waals surface area (Å²) in [5, 5.41) is 43.3. The molecule has 0 heterocycles. The zero-order valence-corrected chi connectivity index (χ0v) is 19.4. The van der Waals surface area contributed by atoms with E-state index < -0.39 is 35.4 Å². The van der Waals surface area contributed by atoms with E-state index in [1.54, 1.807) is 0 Å². The van der Waals surface area contributed by atoms with Gasteiger partial charge in [-0.25, -0.2) is 0 Å². The first-order valence-corrected chi connectivity index (χ1v) is 12.1. The number of carbonyl (C=O) groups excluding carboxylic acids is 1. The van der Waals surface area contributed by atoms with Crippen LogP contribution >= 0.6 is 0 Å². The van der Waals surface area contributed by atoms with Gasteiger partial charge in [-0.1, -0.05) is 27.2 Å². The van der Waals surface area contributed by atoms with Gasteiger partial charge in [0.15, 0.2) is 0 Å². The molecule has 0 bridgehead atoms. The Morgan fingerprint density at radius 2 is 1.68 bits per heavy atom. The highest BCUT2D eigenvalue weighted by Crippen LogP contribution is 2.69. The quantitative estimate of drug-likeness (QED) is 0.541. The van der Waals surface area contributed by atoms with Gasteiger partial charge in [-0.15, -0.1) is 0 Å². The fourth-order valence-electron chi connectivity index (χ4n) is 9.32. The summed E-state index contributed by atoms with van der Waals surface area (Å²) in [6.45, 7) is 7.88. The number of carboxylic acids is 1. The molecule has 4 rings (SSSR count). The first kappa shape index (κ1) is 23.2. The zero-order chi connectivity index (χ0) is 22.9. The minimum absolute atomic E-state index is 0.0966. The number of rotatable bonds is 3. The summed E-state index contributed by atoms with van der Waals surface area (Å²) in [7, 11) is 0. The molecule has 4 saturated carbocycles. The fourth-order valence-corrected chi connectivity index (χ4v) is 9.32. The second kappa shape index (κ2) is 7.53. The summed E-state index contributed by atoms with van der Waals surface area (Å²) in [5.74, 6) is -3.05. The van der Waals surface area contributed by atoms with Gasteiger partial charge >= 0.3 is 5.97 Å². The second-order valence-corrected chi connectivity index (χ2v) is 12.1. The van der Waals surface area contributed by atoms with Crippen molar-refractivity contribution in [3.63, 3.8) is 0 Å². The molecule has 6 heteroatoms. The summed E-state index contributed by atoms with van der Waals surface area (Å²) < 4.78 is 0. The Labute approximate surface area is 185 Å². The van der Waals surface area contributed by atoms with E-state index in [1.807, 2.05) is 6.92 Å². The molecule has 10 atom stereocenters. The average molecular weight is 437 g/mol. The smallest absolute Gasteiger partial charge is 0.307 e. The Hall–Kier alpha value is -0.980. The van der Waals surface area contributed by atoms with E-state index in [4.69, 9.17) is 0 Å². The van der Waals surface area contributed by atoms with Crippen LogP contribution in [-0.4, -0.2) is 51.0 Å². The molecule has 4 unspecified atom stereocenters. The molecule has 4 aliphatic carbocycles. The van der Waals surface area contributed by atoms with Gasteiger partial charge in [-0.2, -0.15) is 0 Å². The number of carbonyl (C=O) groups is 2. The lowest BCUT2D eigenvalue weighted by Crippen LogP contribution is -2.67. The fraction of sp³-hybridized carbons (Fsp3) is 0.920. The van der Waals surface area contributed by atoms with Crippen molar-refractivity contribution in [3.05, 3.63) is 0 Å². The number of Topliss-reactive ketones (excluding diaryl/α,β-unsaturated/α-hetero) is 1. The number of aliphatic carboxylic acids is 1. The molecule has 0 saturated heterocycles. The van der Waals surface area contributed by atoms with Gasteiger partial charge < -0.3 is 20.4 Å². The summed E-state index contributed by atoms with van der Waals surface area (Å²) in [6.07, 6.45) is 3.98. The average Bonchev–Trinajstić information content (AvgIpc) is 2.68. The van der Waals surface area contributed by atoms with Crippen LogP contribution in [0.15, 0.2) is 0 Å². The first-order chi connectivity index (χ1) is 14.4. The van der Waals surface area contributed by atoms with E-state index in [2.05, 4.69) is 13.8 Å². The SMILES string of the molecule is CC(=O)[C@@H]1[C@@H](O)CC2C3CCC4C(C)(C)CCC[C@]4(CO)C3C[C@@H](O)[C@]2(C)[C@H]1C(=O)O. The van der Waals surface area contributed by atoms with Gasteiger partial charge in [0.25, 0.3) is 0 Å². The van der Waals surface area contributed by atoms with E-state index in [-0.39, 0.29) is 41.0 Å². The molecule has 0 radical (unpaired) electrons. The lowest BCUT2D eigenvalue weighted by Gasteiger charge is -2.67. The van der Waals surface area contributed by atoms with Crippen LogP contribution in [0.25, 0.3) is 0 Å². The number of carboxylic acid groups (broad SMARTS) is 1. The van der Waals surface area contributed by atoms with Gasteiger partial charge in [0.05, 0.1) is 24.0 Å². The third-order valence-corrected chi connectivity index (χ3v) is 10.6. The van der Waals surface area contributed by atoms with Gasteiger partial charge in [-0.3, -0.25) is 9.59 Å². The van der Waals surface area contributed by atoms with Gasteiger partial charge in [-0.05, 0) is 80.0 Å². The van der Waals surface area contributed by atoms with Crippen molar-refractivity contribution in [3.8, 4) is 0 Å². The molecule has 0 amide bonds. The van der Waals surface area contributed by atoms with Gasteiger partial charge in [0, 0.05) is 12.0 Å². The van der Waals surface area contributed by atoms with Crippen molar-refractivity contribution in [1.82, 2.24) is 0 Å². The maximum atomic E-state index is 12.4. The topological polar surface area (TPSA) is 115 Å². The van der Waals surface area contributed by atoms with Crippen LogP contribution in [0.2, 0.25) is 0 Å². The highest BCUT2D eigenvalue weighted by molar-refractivity contribution is 5.86. The van der Waals surface area contributed by atoms with E-state index >= 15 is 0 Å². The number of ketones is 1. The Bertz CT molecular complexity index is 748. The number of aliphatic hydroxyl groups excluding tert-OH is 3. The van der Waals surface area contributed by atoms with Gasteiger partial charge in [0.1, 0.15) is 5.78 Å². The molecule has 0 aromatic carbocycles. The minimum Gasteiger partial charge on any atom is -0.481 e. The maximum Gasteiger partial charge on any atom is 0.307 e. The molecule has 4 aliphatic rings. The predicted molar refractivity (Wildman–Crippen MR) is 115 cm³/mol. The standard InChI is InChI=1S/C25H40O6/c1-13(27)20-17(28)10-15-14-6-7-18-23(2,3)8-5-9-25(18,12-26)16(14)11-19(29)24(15,4)21(20)22(30)31/h14-21,26,28-29H,5-12H2,1-4H3,(H,30,31)/t14?,15?,16?,17-,18?,19+,20+,21+,24+,25-/m0/s1. The van der Waals surface area contributed by atoms with Crippen molar-refractivity contribution < 1.29 is 30.0 Å². The number of hydrogen-bond donors (Lipinski definition) is 4. The molecule has 31 heavy (non-hydrogen) atoms. The molecule has 4 fully saturated rings. The molecule has 176 valence electrons. The molecular formula is C25H40O6. The largest absolute Gasteiger partial charge is 0.481 e. The van der Waals surface area contributed by atoms with Crippen molar-refractivity contribution in [2.75, 3.05) is 6.61 Å². The highest BCUT2D eigenvalue weighted by Gasteiger charge is 2.68. The van der Waals surface area contributed by atoms with Crippen molar-refractivity contribution in [2.45, 2.75) is 84.8 Å². The van der Waals surface area contributed by atoms with Crippen LogP contribution in [0.3, 0.4) is 0 Å². The minimum atomic E-state index is -1.10. The molecule has 0 aliphatic heterocycles. The van der Waals surface area contributed by atoms with Crippen molar-refractivity contribution in [1.29, 1.82) is 0 Å². The molecular weight excluding hydrogens is 396 g/mol. The maximum absolute atomic E-state index is 12.4. The Morgan fingerprint density at radius 3 is 2.26 bits per heavy atom. The number of fused-ring (bicyclic) bond motifs is 5. The lowest BCUT2D eigenvalue weighted by molar-refractivity contribution is -0.240. The summed E-state index contributed by atoms with van der Waals surface area (Å²) in [6, 6.07) is 0. The van der Waals surface area contributed by atoms with E-state index in [1.165, 1.54) is 6.92 Å². The van der Waals surface area contributed by atoms with E-state index in [0.29, 0.717) is 18.8 Å². The third-order valence-electron chi connectivity index (χ3n) is 10.6. The van der Waals surface area contributed by atoms with Gasteiger partial charge in [0.2, 0.25) is 0 Å². The predicted octanol–water partition coefficient (Wildman–Crippen LogP) is 2.88. The lowest BCUT2D eigenvalue weighted by atomic mass is 9.37. The molecule has 0 aromatic heterocycles.